The van der Waals surface area contributed by atoms with Crippen molar-refractivity contribution in [2.75, 3.05) is 26.4 Å². The van der Waals surface area contributed by atoms with E-state index in [-0.39, 0.29) is 12.4 Å². The maximum absolute atomic E-state index is 11.3. The van der Waals surface area contributed by atoms with Crippen molar-refractivity contribution in [3.05, 3.63) is 36.0 Å². The molecule has 1 amide bonds. The van der Waals surface area contributed by atoms with Gasteiger partial charge in [-0.3, -0.25) is 9.80 Å². The van der Waals surface area contributed by atoms with Gasteiger partial charge in [-0.25, -0.2) is 9.48 Å². The van der Waals surface area contributed by atoms with Gasteiger partial charge < -0.3 is 15.6 Å². The minimum absolute atomic E-state index is 0.0561. The first-order valence-corrected chi connectivity index (χ1v) is 9.58. The van der Waals surface area contributed by atoms with Gasteiger partial charge in [0.25, 0.3) is 0 Å². The number of nitrogen functional groups attached to an aromatic ring is 1. The first kappa shape index (κ1) is 20.2. The fourth-order valence-corrected chi connectivity index (χ4v) is 3.37. The number of hydrogen-bond donors (Lipinski definition) is 2. The van der Waals surface area contributed by atoms with Crippen LogP contribution in [0.15, 0.2) is 30.5 Å². The molecule has 2 heterocycles. The van der Waals surface area contributed by atoms with Crippen LogP contribution in [0.1, 0.15) is 38.0 Å². The molecule has 2 atom stereocenters. The lowest BCUT2D eigenvalue weighted by Crippen LogP contribution is -2.44. The highest BCUT2D eigenvalue weighted by Crippen LogP contribution is 2.29. The molecule has 1 saturated heterocycles. The number of nitrogens with two attached hydrogens (primary N) is 1. The minimum Gasteiger partial charge on any atom is -0.465 e. The van der Waals surface area contributed by atoms with Gasteiger partial charge >= 0.3 is 6.09 Å². The summed E-state index contributed by atoms with van der Waals surface area (Å²) in [5.41, 5.74) is 9.40. The number of rotatable bonds is 6. The third-order valence-corrected chi connectivity index (χ3v) is 5.36. The van der Waals surface area contributed by atoms with E-state index in [1.165, 1.54) is 4.90 Å². The summed E-state index contributed by atoms with van der Waals surface area (Å²) in [6.45, 7) is 3.17. The lowest BCUT2D eigenvalue weighted by atomic mass is 10.1. The van der Waals surface area contributed by atoms with E-state index in [1.54, 1.807) is 7.05 Å². The van der Waals surface area contributed by atoms with Gasteiger partial charge in [-0.1, -0.05) is 12.1 Å². The van der Waals surface area contributed by atoms with E-state index in [0.717, 1.165) is 42.7 Å². The number of anilines is 1. The normalized spacial score (nSPS) is 18.2. The maximum Gasteiger partial charge on any atom is 0.408 e. The molecule has 28 heavy (non-hydrogen) atoms. The van der Waals surface area contributed by atoms with Crippen molar-refractivity contribution in [1.29, 1.82) is 0 Å². The summed E-state index contributed by atoms with van der Waals surface area (Å²) in [6, 6.07) is 7.64. The van der Waals surface area contributed by atoms with E-state index in [4.69, 9.17) is 15.6 Å². The SMILES string of the molecule is CC(N(C)Cc1cn(C2CCCCO2)nc1-c1ccc(N)cc1)N(C)C(=O)O. The number of amides is 1. The van der Waals surface area contributed by atoms with Gasteiger partial charge in [0.2, 0.25) is 0 Å². The zero-order chi connectivity index (χ0) is 20.3. The Balaban J connectivity index is 1.89. The summed E-state index contributed by atoms with van der Waals surface area (Å²) in [5, 5.41) is 14.1. The molecule has 3 rings (SSSR count). The van der Waals surface area contributed by atoms with Crippen LogP contribution in [0.5, 0.6) is 0 Å². The lowest BCUT2D eigenvalue weighted by molar-refractivity contribution is -0.0394. The zero-order valence-corrected chi connectivity index (χ0v) is 16.7. The Hall–Kier alpha value is -2.58. The van der Waals surface area contributed by atoms with Gasteiger partial charge in [0.1, 0.15) is 6.23 Å². The molecule has 1 aromatic carbocycles. The molecule has 0 bridgehead atoms. The van der Waals surface area contributed by atoms with Gasteiger partial charge in [-0.15, -0.1) is 0 Å². The Kier molecular flexibility index (Phi) is 6.21. The second kappa shape index (κ2) is 8.62. The van der Waals surface area contributed by atoms with Gasteiger partial charge in [0, 0.05) is 43.2 Å². The summed E-state index contributed by atoms with van der Waals surface area (Å²) in [4.78, 5) is 14.6. The van der Waals surface area contributed by atoms with Gasteiger partial charge in [0.15, 0.2) is 0 Å². The second-order valence-electron chi connectivity index (χ2n) is 7.37. The summed E-state index contributed by atoms with van der Waals surface area (Å²) >= 11 is 0. The molecule has 2 aromatic rings. The smallest absolute Gasteiger partial charge is 0.408 e. The highest BCUT2D eigenvalue weighted by molar-refractivity contribution is 5.65. The number of nitrogens with zero attached hydrogens (tertiary/aromatic N) is 4. The molecule has 0 saturated carbocycles. The van der Waals surface area contributed by atoms with E-state index in [2.05, 4.69) is 0 Å². The summed E-state index contributed by atoms with van der Waals surface area (Å²) < 4.78 is 7.79. The average Bonchev–Trinajstić information content (AvgIpc) is 3.11. The average molecular weight is 387 g/mol. The molecule has 1 fully saturated rings. The molecule has 1 aromatic heterocycles. The predicted molar refractivity (Wildman–Crippen MR) is 108 cm³/mol. The van der Waals surface area contributed by atoms with E-state index < -0.39 is 6.09 Å². The number of ether oxygens (including phenoxy) is 1. The van der Waals surface area contributed by atoms with Gasteiger partial charge in [-0.2, -0.15) is 5.10 Å². The standard InChI is InChI=1S/C20H29N5O3/c1-14(24(3)20(26)27)23(2)12-16-13-25(18-6-4-5-11-28-18)22-19(16)15-7-9-17(21)10-8-15/h7-10,13-14,18H,4-6,11-12,21H2,1-3H3,(H,26,27). The summed E-state index contributed by atoms with van der Waals surface area (Å²) in [7, 11) is 3.48. The molecule has 8 heteroatoms. The first-order chi connectivity index (χ1) is 13.4. The largest absolute Gasteiger partial charge is 0.465 e. The molecule has 1 aliphatic rings. The van der Waals surface area contributed by atoms with Gasteiger partial charge in [0.05, 0.1) is 11.9 Å². The van der Waals surface area contributed by atoms with Crippen LogP contribution >= 0.6 is 0 Å². The van der Waals surface area contributed by atoms with Crippen molar-refractivity contribution >= 4 is 11.8 Å². The van der Waals surface area contributed by atoms with Crippen LogP contribution in [0, 0.1) is 0 Å². The zero-order valence-electron chi connectivity index (χ0n) is 16.7. The lowest BCUT2D eigenvalue weighted by Gasteiger charge is -2.30. The molecule has 1 aliphatic heterocycles. The quantitative estimate of drug-likeness (QED) is 0.583. The molecular formula is C20H29N5O3. The fraction of sp³-hybridized carbons (Fsp3) is 0.500. The molecular weight excluding hydrogens is 358 g/mol. The van der Waals surface area contributed by atoms with Crippen molar-refractivity contribution in [1.82, 2.24) is 19.6 Å². The number of carbonyl (C=O) groups is 1. The summed E-state index contributed by atoms with van der Waals surface area (Å²) in [6.07, 6.45) is 3.88. The number of aromatic nitrogens is 2. The van der Waals surface area contributed by atoms with Crippen LogP contribution in [0.2, 0.25) is 0 Å². The molecule has 0 aliphatic carbocycles. The molecule has 2 unspecified atom stereocenters. The van der Waals surface area contributed by atoms with E-state index in [9.17, 15) is 9.90 Å². The fourth-order valence-electron chi connectivity index (χ4n) is 3.37. The monoisotopic (exact) mass is 387 g/mol. The van der Waals surface area contributed by atoms with Gasteiger partial charge in [-0.05, 0) is 45.4 Å². The van der Waals surface area contributed by atoms with Crippen LogP contribution in [-0.2, 0) is 11.3 Å². The van der Waals surface area contributed by atoms with Crippen molar-refractivity contribution in [3.8, 4) is 11.3 Å². The minimum atomic E-state index is -0.954. The van der Waals surface area contributed by atoms with Crippen LogP contribution < -0.4 is 5.73 Å². The predicted octanol–water partition coefficient (Wildman–Crippen LogP) is 3.22. The highest BCUT2D eigenvalue weighted by Gasteiger charge is 2.23. The Morgan fingerprint density at radius 1 is 1.36 bits per heavy atom. The van der Waals surface area contributed by atoms with Crippen molar-refractivity contribution in [2.24, 2.45) is 0 Å². The van der Waals surface area contributed by atoms with Crippen LogP contribution in [0.3, 0.4) is 0 Å². The van der Waals surface area contributed by atoms with Crippen LogP contribution in [0.4, 0.5) is 10.5 Å². The van der Waals surface area contributed by atoms with E-state index in [0.29, 0.717) is 12.2 Å². The van der Waals surface area contributed by atoms with Crippen LogP contribution in [0.25, 0.3) is 11.3 Å². The Bertz CT molecular complexity index is 799. The molecule has 0 spiro atoms. The maximum atomic E-state index is 11.3. The first-order valence-electron chi connectivity index (χ1n) is 9.58. The number of carboxylic acid groups (broad SMARTS) is 1. The van der Waals surface area contributed by atoms with Crippen molar-refractivity contribution in [3.63, 3.8) is 0 Å². The number of benzene rings is 1. The Labute approximate surface area is 165 Å². The Morgan fingerprint density at radius 2 is 2.07 bits per heavy atom. The second-order valence-corrected chi connectivity index (χ2v) is 7.37. The number of hydrogen-bond acceptors (Lipinski definition) is 5. The molecule has 0 radical (unpaired) electrons. The molecule has 152 valence electrons. The Morgan fingerprint density at radius 3 is 2.68 bits per heavy atom. The molecule has 8 nitrogen and oxygen atoms in total. The van der Waals surface area contributed by atoms with E-state index >= 15 is 0 Å². The van der Waals surface area contributed by atoms with E-state index in [1.807, 2.05) is 54.0 Å². The third kappa shape index (κ3) is 4.45. The third-order valence-electron chi connectivity index (χ3n) is 5.36. The summed E-state index contributed by atoms with van der Waals surface area (Å²) in [5.74, 6) is 0. The van der Waals surface area contributed by atoms with Crippen molar-refractivity contribution in [2.45, 2.75) is 45.1 Å². The molecule has 3 N–H and O–H groups in total. The topological polar surface area (TPSA) is 96.9 Å². The van der Waals surface area contributed by atoms with Crippen LogP contribution in [-0.4, -0.2) is 57.6 Å². The van der Waals surface area contributed by atoms with Crippen molar-refractivity contribution < 1.29 is 14.6 Å². The highest BCUT2D eigenvalue weighted by atomic mass is 16.5.